The number of benzene rings is 5. The van der Waals surface area contributed by atoms with Crippen molar-refractivity contribution in [1.82, 2.24) is 19.5 Å². The van der Waals surface area contributed by atoms with Gasteiger partial charge in [-0.05, 0) is 65.7 Å². The molecule has 7 rings (SSSR count). The molecule has 12 heteroatoms. The molecule has 0 fully saturated rings. The van der Waals surface area contributed by atoms with E-state index in [1.807, 2.05) is 67.7 Å². The van der Waals surface area contributed by atoms with Gasteiger partial charge in [0.2, 0.25) is 0 Å². The highest BCUT2D eigenvalue weighted by molar-refractivity contribution is 7.22. The van der Waals surface area contributed by atoms with E-state index in [-0.39, 0.29) is 22.4 Å². The molecular weight excluding hydrogens is 709 g/mol. The number of thiophene rings is 1. The SMILES string of the molecule is CN(Cc1ccccc1)Cc1c(-c2ccc(NC(=O)NOCc3ccccc3)cc2)sc2c1c(=O)n(-c1ccccc1)c(=O)n2Cc1c(F)cccc1F. The summed E-state index contributed by atoms with van der Waals surface area (Å²) < 4.78 is 32.5. The van der Waals surface area contributed by atoms with Gasteiger partial charge in [0.15, 0.2) is 0 Å². The predicted molar refractivity (Wildman–Crippen MR) is 208 cm³/mol. The second kappa shape index (κ2) is 16.2. The third-order valence-corrected chi connectivity index (χ3v) is 10.1. The number of aromatic nitrogens is 2. The van der Waals surface area contributed by atoms with Crippen LogP contribution in [0, 0.1) is 11.6 Å². The summed E-state index contributed by atoms with van der Waals surface area (Å²) in [5, 5.41) is 3.02. The van der Waals surface area contributed by atoms with E-state index in [0.29, 0.717) is 40.5 Å². The molecule has 0 unspecified atom stereocenters. The molecule has 2 heterocycles. The average molecular weight is 744 g/mol. The zero-order chi connectivity index (χ0) is 37.6. The highest BCUT2D eigenvalue weighted by Crippen LogP contribution is 2.39. The highest BCUT2D eigenvalue weighted by atomic mass is 32.1. The van der Waals surface area contributed by atoms with Gasteiger partial charge >= 0.3 is 11.7 Å². The number of anilines is 1. The van der Waals surface area contributed by atoms with E-state index in [0.717, 1.165) is 27.8 Å². The van der Waals surface area contributed by atoms with E-state index in [1.54, 1.807) is 54.6 Å². The van der Waals surface area contributed by atoms with Crippen LogP contribution in [0.1, 0.15) is 22.3 Å². The number of fused-ring (bicyclic) bond motifs is 1. The van der Waals surface area contributed by atoms with Gasteiger partial charge in [-0.2, -0.15) is 0 Å². The van der Waals surface area contributed by atoms with Crippen molar-refractivity contribution in [2.24, 2.45) is 0 Å². The maximum absolute atomic E-state index is 15.1. The normalized spacial score (nSPS) is 11.3. The molecule has 0 radical (unpaired) electrons. The lowest BCUT2D eigenvalue weighted by atomic mass is 10.1. The summed E-state index contributed by atoms with van der Waals surface area (Å²) in [4.78, 5) is 49.8. The lowest BCUT2D eigenvalue weighted by Gasteiger charge is -2.18. The first-order valence-corrected chi connectivity index (χ1v) is 17.9. The zero-order valence-electron chi connectivity index (χ0n) is 29.2. The topological polar surface area (TPSA) is 97.6 Å². The number of nitrogens with one attached hydrogen (secondary N) is 2. The monoisotopic (exact) mass is 743 g/mol. The molecule has 2 aromatic heterocycles. The molecule has 9 nitrogen and oxygen atoms in total. The minimum atomic E-state index is -0.801. The summed E-state index contributed by atoms with van der Waals surface area (Å²) in [6.45, 7) is 0.627. The molecule has 0 saturated carbocycles. The Balaban J connectivity index is 1.31. The van der Waals surface area contributed by atoms with E-state index in [4.69, 9.17) is 4.84 Å². The van der Waals surface area contributed by atoms with Gasteiger partial charge in [0.25, 0.3) is 5.56 Å². The number of carbonyl (C=O) groups excluding carboxylic acids is 1. The number of nitrogens with zero attached hydrogens (tertiary/aromatic N) is 3. The quantitative estimate of drug-likeness (QED) is 0.123. The van der Waals surface area contributed by atoms with Crippen LogP contribution in [-0.2, 0) is 31.1 Å². The van der Waals surface area contributed by atoms with E-state index in [1.165, 1.54) is 22.0 Å². The summed E-state index contributed by atoms with van der Waals surface area (Å²) >= 11 is 1.20. The van der Waals surface area contributed by atoms with E-state index >= 15 is 8.78 Å². The van der Waals surface area contributed by atoms with Crippen LogP contribution in [0.5, 0.6) is 0 Å². The minimum absolute atomic E-state index is 0.196. The minimum Gasteiger partial charge on any atom is -0.306 e. The standard InChI is InChI=1S/C42H35F2N5O4S/c1-47(24-28-12-5-2-6-13-28)25-34-37-39(50)49(32-16-9-4-10-17-32)42(52)48(26-33-35(43)18-11-19-36(33)44)40(37)54-38(34)30-20-22-31(23-21-30)45-41(51)46-53-27-29-14-7-3-8-15-29/h2-23H,24-27H2,1H3,(H2,45,46,51). The van der Waals surface area contributed by atoms with Crippen LogP contribution < -0.4 is 22.0 Å². The Morgan fingerprint density at radius 2 is 1.35 bits per heavy atom. The molecule has 54 heavy (non-hydrogen) atoms. The van der Waals surface area contributed by atoms with E-state index < -0.39 is 35.5 Å². The van der Waals surface area contributed by atoms with Gasteiger partial charge in [0.05, 0.1) is 24.2 Å². The first-order chi connectivity index (χ1) is 26.3. The maximum atomic E-state index is 15.1. The van der Waals surface area contributed by atoms with Gasteiger partial charge < -0.3 is 5.32 Å². The van der Waals surface area contributed by atoms with Crippen LogP contribution in [0.3, 0.4) is 0 Å². The summed E-state index contributed by atoms with van der Waals surface area (Å²) in [7, 11) is 1.94. The fraction of sp³-hybridized carbons (Fsp3) is 0.119. The van der Waals surface area contributed by atoms with Gasteiger partial charge in [-0.25, -0.2) is 28.4 Å². The smallest absolute Gasteiger partial charge is 0.306 e. The number of hydrogen-bond acceptors (Lipinski definition) is 6. The molecule has 0 aliphatic heterocycles. The lowest BCUT2D eigenvalue weighted by Crippen LogP contribution is -2.39. The van der Waals surface area contributed by atoms with Crippen LogP contribution in [0.15, 0.2) is 143 Å². The highest BCUT2D eigenvalue weighted by Gasteiger charge is 2.26. The molecule has 0 atom stereocenters. The van der Waals surface area contributed by atoms with Crippen LogP contribution in [-0.4, -0.2) is 27.1 Å². The second-order valence-electron chi connectivity index (χ2n) is 12.7. The van der Waals surface area contributed by atoms with Crippen molar-refractivity contribution in [3.8, 4) is 16.1 Å². The molecule has 7 aromatic rings. The Morgan fingerprint density at radius 3 is 2.00 bits per heavy atom. The summed E-state index contributed by atoms with van der Waals surface area (Å²) in [5.74, 6) is -1.60. The molecule has 5 aromatic carbocycles. The number of amides is 2. The number of rotatable bonds is 12. The fourth-order valence-corrected chi connectivity index (χ4v) is 7.58. The zero-order valence-corrected chi connectivity index (χ0v) is 30.0. The van der Waals surface area contributed by atoms with Gasteiger partial charge in [-0.1, -0.05) is 97.1 Å². The second-order valence-corrected chi connectivity index (χ2v) is 13.7. The van der Waals surface area contributed by atoms with Crippen LogP contribution >= 0.6 is 11.3 Å². The molecule has 0 spiro atoms. The predicted octanol–water partition coefficient (Wildman–Crippen LogP) is 8.09. The summed E-state index contributed by atoms with van der Waals surface area (Å²) in [5.41, 5.74) is 4.97. The van der Waals surface area contributed by atoms with Crippen molar-refractivity contribution in [1.29, 1.82) is 0 Å². The van der Waals surface area contributed by atoms with Crippen molar-refractivity contribution < 1.29 is 18.4 Å². The van der Waals surface area contributed by atoms with Crippen LogP contribution in [0.25, 0.3) is 26.3 Å². The van der Waals surface area contributed by atoms with Gasteiger partial charge in [-0.15, -0.1) is 11.3 Å². The Morgan fingerprint density at radius 1 is 0.741 bits per heavy atom. The molecule has 2 N–H and O–H groups in total. The molecule has 0 bridgehead atoms. The molecule has 0 aliphatic rings. The van der Waals surface area contributed by atoms with E-state index in [2.05, 4.69) is 15.7 Å². The Kier molecular flexibility index (Phi) is 10.9. The number of halogens is 2. The summed E-state index contributed by atoms with van der Waals surface area (Å²) in [6, 6.07) is 37.8. The maximum Gasteiger partial charge on any atom is 0.343 e. The number of hydroxylamine groups is 1. The van der Waals surface area contributed by atoms with Crippen LogP contribution in [0.2, 0.25) is 0 Å². The van der Waals surface area contributed by atoms with Gasteiger partial charge in [0, 0.05) is 29.2 Å². The summed E-state index contributed by atoms with van der Waals surface area (Å²) in [6.07, 6.45) is 0. The van der Waals surface area contributed by atoms with Gasteiger partial charge in [-0.3, -0.25) is 19.1 Å². The number of para-hydroxylation sites is 1. The van der Waals surface area contributed by atoms with Crippen molar-refractivity contribution in [3.63, 3.8) is 0 Å². The number of hydrogen-bond donors (Lipinski definition) is 2. The Bertz CT molecular complexity index is 2500. The van der Waals surface area contributed by atoms with Crippen LogP contribution in [0.4, 0.5) is 19.3 Å². The molecule has 0 aliphatic carbocycles. The Labute approximate surface area is 313 Å². The molecule has 272 valence electrons. The third kappa shape index (κ3) is 7.91. The fourth-order valence-electron chi connectivity index (χ4n) is 6.28. The number of urea groups is 1. The van der Waals surface area contributed by atoms with Crippen molar-refractivity contribution >= 4 is 33.3 Å². The van der Waals surface area contributed by atoms with Gasteiger partial charge in [0.1, 0.15) is 16.5 Å². The largest absolute Gasteiger partial charge is 0.343 e. The molecule has 2 amide bonds. The molecular formula is C42H35F2N5O4S. The first kappa shape index (κ1) is 36.2. The van der Waals surface area contributed by atoms with Crippen molar-refractivity contribution in [2.75, 3.05) is 12.4 Å². The van der Waals surface area contributed by atoms with E-state index in [9.17, 15) is 14.4 Å². The number of carbonyl (C=O) groups is 1. The van der Waals surface area contributed by atoms with Crippen molar-refractivity contribution in [3.05, 3.63) is 188 Å². The van der Waals surface area contributed by atoms with Crippen molar-refractivity contribution in [2.45, 2.75) is 26.2 Å². The molecule has 0 saturated heterocycles. The Hall–Kier alpha value is -6.21. The lowest BCUT2D eigenvalue weighted by molar-refractivity contribution is 0.0536. The first-order valence-electron chi connectivity index (χ1n) is 17.1. The third-order valence-electron chi connectivity index (χ3n) is 8.84. The average Bonchev–Trinajstić information content (AvgIpc) is 3.54.